The summed E-state index contributed by atoms with van der Waals surface area (Å²) in [5.41, 5.74) is -1.90. The minimum atomic E-state index is -1.06. The molecule has 1 spiro atoms. The normalized spacial score (nSPS) is 30.4. The molecule has 3 rings (SSSR count). The largest absolute Gasteiger partial charge is 0.465 e. The molecule has 2 bridgehead atoms. The van der Waals surface area contributed by atoms with Crippen LogP contribution < -0.4 is 0 Å². The number of allylic oxidation sites excluding steroid dienone is 1. The fraction of sp³-hybridized carbons (Fsp3) is 0.750. The van der Waals surface area contributed by atoms with Gasteiger partial charge < -0.3 is 24.4 Å². The second-order valence-electron chi connectivity index (χ2n) is 10.6. The van der Waals surface area contributed by atoms with Gasteiger partial charge in [-0.1, -0.05) is 31.9 Å². The predicted molar refractivity (Wildman–Crippen MR) is 137 cm³/mol. The predicted octanol–water partition coefficient (Wildman–Crippen LogP) is 3.24. The Balaban J connectivity index is 1.89. The van der Waals surface area contributed by atoms with Crippen LogP contribution in [0.2, 0.25) is 0 Å². The summed E-state index contributed by atoms with van der Waals surface area (Å²) in [7, 11) is 0. The quantitative estimate of drug-likeness (QED) is 0.197. The van der Waals surface area contributed by atoms with Crippen LogP contribution in [0.3, 0.4) is 0 Å². The summed E-state index contributed by atoms with van der Waals surface area (Å²) in [5, 5.41) is 9.49. The fourth-order valence-corrected chi connectivity index (χ4v) is 6.37. The number of nitrogens with zero attached hydrogens (tertiary/aromatic N) is 2. The number of aliphatic hydroxyl groups is 1. The van der Waals surface area contributed by atoms with Crippen LogP contribution in [0.5, 0.6) is 0 Å². The number of unbranched alkanes of at least 4 members (excludes halogenated alkanes) is 4. The molecule has 8 heteroatoms. The van der Waals surface area contributed by atoms with Crippen LogP contribution in [0.1, 0.15) is 71.6 Å². The molecule has 3 heterocycles. The molecule has 0 aromatic carbocycles. The summed E-state index contributed by atoms with van der Waals surface area (Å²) < 4.78 is 12.2. The second kappa shape index (κ2) is 12.4. The van der Waals surface area contributed by atoms with E-state index in [0.29, 0.717) is 32.4 Å². The highest BCUT2D eigenvalue weighted by Gasteiger charge is 2.78. The summed E-state index contributed by atoms with van der Waals surface area (Å²) in [6.45, 7) is 12.9. The number of hydrogen-bond acceptors (Lipinski definition) is 6. The Bertz CT molecular complexity index is 831. The molecule has 1 N–H and O–H groups in total. The molecule has 3 aliphatic rings. The van der Waals surface area contributed by atoms with Crippen molar-refractivity contribution in [2.45, 2.75) is 88.9 Å². The Hall–Kier alpha value is -2.19. The third-order valence-corrected chi connectivity index (χ3v) is 8.06. The third-order valence-electron chi connectivity index (χ3n) is 8.06. The zero-order chi connectivity index (χ0) is 26.3. The number of likely N-dealkylation sites (tertiary alicyclic amines) is 1. The van der Waals surface area contributed by atoms with Gasteiger partial charge in [-0.15, -0.1) is 13.2 Å². The Labute approximate surface area is 215 Å². The van der Waals surface area contributed by atoms with E-state index in [1.54, 1.807) is 15.9 Å². The first-order valence-electron chi connectivity index (χ1n) is 13.6. The van der Waals surface area contributed by atoms with Crippen molar-refractivity contribution in [3.8, 4) is 0 Å². The molecule has 0 aromatic rings. The highest BCUT2D eigenvalue weighted by atomic mass is 16.6. The molecule has 0 aliphatic carbocycles. The zero-order valence-electron chi connectivity index (χ0n) is 22.1. The summed E-state index contributed by atoms with van der Waals surface area (Å²) >= 11 is 0. The van der Waals surface area contributed by atoms with Gasteiger partial charge in [0.25, 0.3) is 0 Å². The van der Waals surface area contributed by atoms with E-state index in [1.807, 2.05) is 13.0 Å². The van der Waals surface area contributed by atoms with Crippen molar-refractivity contribution in [2.24, 2.45) is 11.8 Å². The van der Waals surface area contributed by atoms with Gasteiger partial charge in [0.15, 0.2) is 0 Å². The minimum Gasteiger partial charge on any atom is -0.465 e. The monoisotopic (exact) mass is 504 g/mol. The molecule has 3 fully saturated rings. The standard InChI is InChI=1S/C28H44N2O6/c1-5-8-10-12-20-35-26(34)22-21-24(32)30(18-13-19-31)23(28(21)15-14-27(22,4)36-28)25(33)29(16-7-3)17-11-9-6-2/h5,7,21-23,31H,1,3,6,8-20H2,2,4H3/t21-,22+,23?,27-,28?/m0/s1. The first-order valence-corrected chi connectivity index (χ1v) is 13.6. The topological polar surface area (TPSA) is 96.4 Å². The Morgan fingerprint density at radius 1 is 1.19 bits per heavy atom. The fourth-order valence-electron chi connectivity index (χ4n) is 6.37. The molecular formula is C28H44N2O6. The number of amides is 2. The lowest BCUT2D eigenvalue weighted by atomic mass is 9.66. The number of rotatable bonds is 16. The summed E-state index contributed by atoms with van der Waals surface area (Å²) in [4.78, 5) is 44.6. The van der Waals surface area contributed by atoms with Gasteiger partial charge >= 0.3 is 5.97 Å². The highest BCUT2D eigenvalue weighted by molar-refractivity contribution is 5.98. The SMILES string of the molecule is C=CCCCCOC(=O)[C@H]1[C@H]2C(=O)N(CCCO)C(C(=O)N(CC=C)CCCCC)C23CC[C@]1(C)O3. The van der Waals surface area contributed by atoms with Crippen LogP contribution in [-0.4, -0.2) is 82.8 Å². The van der Waals surface area contributed by atoms with Gasteiger partial charge in [0.1, 0.15) is 17.6 Å². The first kappa shape index (κ1) is 28.4. The molecule has 2 amide bonds. The molecule has 0 aromatic heterocycles. The van der Waals surface area contributed by atoms with Crippen molar-refractivity contribution < 1.29 is 29.0 Å². The van der Waals surface area contributed by atoms with Crippen molar-refractivity contribution in [3.63, 3.8) is 0 Å². The summed E-state index contributed by atoms with van der Waals surface area (Å²) in [5.74, 6) is -2.34. The van der Waals surface area contributed by atoms with Gasteiger partial charge in [0.05, 0.1) is 18.1 Å². The molecule has 0 radical (unpaired) electrons. The van der Waals surface area contributed by atoms with Gasteiger partial charge in [0.2, 0.25) is 11.8 Å². The molecule has 2 unspecified atom stereocenters. The summed E-state index contributed by atoms with van der Waals surface area (Å²) in [6, 6.07) is -0.824. The lowest BCUT2D eigenvalue weighted by Crippen LogP contribution is -2.56. The maximum atomic E-state index is 14.0. The van der Waals surface area contributed by atoms with Crippen LogP contribution in [0.25, 0.3) is 0 Å². The van der Waals surface area contributed by atoms with E-state index in [4.69, 9.17) is 9.47 Å². The van der Waals surface area contributed by atoms with Crippen molar-refractivity contribution in [2.75, 3.05) is 32.8 Å². The van der Waals surface area contributed by atoms with Crippen LogP contribution in [0.15, 0.2) is 25.3 Å². The lowest BCUT2D eigenvalue weighted by molar-refractivity contribution is -0.160. The number of aliphatic hydroxyl groups excluding tert-OH is 1. The average Bonchev–Trinajstić information content (AvgIpc) is 3.42. The number of hydrogen-bond donors (Lipinski definition) is 1. The number of carbonyl (C=O) groups excluding carboxylic acids is 3. The first-order chi connectivity index (χ1) is 17.3. The van der Waals surface area contributed by atoms with Crippen LogP contribution >= 0.6 is 0 Å². The third kappa shape index (κ3) is 5.25. The van der Waals surface area contributed by atoms with E-state index in [0.717, 1.165) is 38.5 Å². The van der Waals surface area contributed by atoms with Crippen LogP contribution in [0.4, 0.5) is 0 Å². The molecule has 5 atom stereocenters. The summed E-state index contributed by atoms with van der Waals surface area (Å²) in [6.07, 6.45) is 10.4. The smallest absolute Gasteiger partial charge is 0.312 e. The van der Waals surface area contributed by atoms with Crippen molar-refractivity contribution in [3.05, 3.63) is 25.3 Å². The Kier molecular flexibility index (Phi) is 9.75. The van der Waals surface area contributed by atoms with Gasteiger partial charge in [-0.2, -0.15) is 0 Å². The van der Waals surface area contributed by atoms with Gasteiger partial charge in [-0.25, -0.2) is 0 Å². The van der Waals surface area contributed by atoms with Gasteiger partial charge in [-0.05, 0) is 51.9 Å². The van der Waals surface area contributed by atoms with E-state index in [2.05, 4.69) is 20.1 Å². The highest BCUT2D eigenvalue weighted by Crippen LogP contribution is 2.63. The number of fused-ring (bicyclic) bond motifs is 1. The van der Waals surface area contributed by atoms with E-state index < -0.39 is 35.0 Å². The van der Waals surface area contributed by atoms with E-state index >= 15 is 0 Å². The molecule has 36 heavy (non-hydrogen) atoms. The van der Waals surface area contributed by atoms with E-state index in [-0.39, 0.29) is 31.6 Å². The maximum absolute atomic E-state index is 14.0. The molecule has 3 saturated heterocycles. The molecule has 202 valence electrons. The number of ether oxygens (including phenoxy) is 2. The number of esters is 1. The maximum Gasteiger partial charge on any atom is 0.312 e. The lowest BCUT2D eigenvalue weighted by Gasteiger charge is -2.36. The molecule has 0 saturated carbocycles. The van der Waals surface area contributed by atoms with Crippen molar-refractivity contribution >= 4 is 17.8 Å². The molecular weight excluding hydrogens is 460 g/mol. The van der Waals surface area contributed by atoms with Crippen molar-refractivity contribution in [1.82, 2.24) is 9.80 Å². The average molecular weight is 505 g/mol. The van der Waals surface area contributed by atoms with Gasteiger partial charge in [-0.3, -0.25) is 14.4 Å². The Morgan fingerprint density at radius 3 is 2.64 bits per heavy atom. The van der Waals surface area contributed by atoms with E-state index in [1.165, 1.54) is 0 Å². The Morgan fingerprint density at radius 2 is 1.97 bits per heavy atom. The molecule has 8 nitrogen and oxygen atoms in total. The minimum absolute atomic E-state index is 0.0933. The van der Waals surface area contributed by atoms with Crippen LogP contribution in [0, 0.1) is 11.8 Å². The van der Waals surface area contributed by atoms with E-state index in [9.17, 15) is 19.5 Å². The van der Waals surface area contributed by atoms with Crippen LogP contribution in [-0.2, 0) is 23.9 Å². The molecule has 3 aliphatic heterocycles. The van der Waals surface area contributed by atoms with Gasteiger partial charge in [0, 0.05) is 26.2 Å². The second-order valence-corrected chi connectivity index (χ2v) is 10.6. The zero-order valence-corrected chi connectivity index (χ0v) is 22.1. The number of carbonyl (C=O) groups is 3. The van der Waals surface area contributed by atoms with Crippen molar-refractivity contribution in [1.29, 1.82) is 0 Å².